The van der Waals surface area contributed by atoms with Crippen molar-refractivity contribution in [2.75, 3.05) is 18.5 Å². The van der Waals surface area contributed by atoms with Crippen LogP contribution in [0.15, 0.2) is 18.2 Å². The molecule has 0 atom stereocenters. The van der Waals surface area contributed by atoms with Crippen LogP contribution in [-0.2, 0) is 0 Å². The van der Waals surface area contributed by atoms with Gasteiger partial charge in [-0.1, -0.05) is 0 Å². The molecule has 3 nitrogen and oxygen atoms in total. The molecule has 2 aromatic rings. The Labute approximate surface area is 96.3 Å². The van der Waals surface area contributed by atoms with Gasteiger partial charge in [0.05, 0.1) is 11.0 Å². The minimum absolute atomic E-state index is 0.512. The smallest absolute Gasteiger partial charge is 0.366 e. The summed E-state index contributed by atoms with van der Waals surface area (Å²) in [5.41, 5.74) is 2.01. The lowest BCUT2D eigenvalue weighted by Crippen LogP contribution is -2.30. The first-order valence-corrected chi connectivity index (χ1v) is 5.09. The second kappa shape index (κ2) is 3.94. The molecule has 1 aromatic heterocycles. The third-order valence-corrected chi connectivity index (χ3v) is 2.44. The Balaban J connectivity index is 2.29. The highest BCUT2D eigenvalue weighted by molar-refractivity contribution is 5.79. The minimum Gasteiger partial charge on any atom is -0.366 e. The van der Waals surface area contributed by atoms with Gasteiger partial charge in [0, 0.05) is 12.7 Å². The monoisotopic (exact) mass is 243 g/mol. The number of imidazole rings is 1. The van der Waals surface area contributed by atoms with Crippen LogP contribution in [0.25, 0.3) is 11.0 Å². The summed E-state index contributed by atoms with van der Waals surface area (Å²) in [5, 5.41) is 0. The molecule has 0 spiro atoms. The van der Waals surface area contributed by atoms with Gasteiger partial charge in [0.1, 0.15) is 12.4 Å². The van der Waals surface area contributed by atoms with Crippen molar-refractivity contribution < 1.29 is 13.2 Å². The van der Waals surface area contributed by atoms with Gasteiger partial charge in [-0.2, -0.15) is 13.2 Å². The highest BCUT2D eigenvalue weighted by Crippen LogP contribution is 2.23. The second-order valence-electron chi connectivity index (χ2n) is 3.99. The average molecular weight is 243 g/mol. The number of nitrogens with zero attached hydrogens (tertiary/aromatic N) is 2. The van der Waals surface area contributed by atoms with Gasteiger partial charge in [-0.15, -0.1) is 0 Å². The highest BCUT2D eigenvalue weighted by Gasteiger charge is 2.29. The quantitative estimate of drug-likeness (QED) is 0.879. The van der Waals surface area contributed by atoms with Gasteiger partial charge in [-0.05, 0) is 25.1 Å². The zero-order valence-electron chi connectivity index (χ0n) is 9.47. The normalized spacial score (nSPS) is 12.1. The van der Waals surface area contributed by atoms with E-state index in [9.17, 15) is 13.2 Å². The summed E-state index contributed by atoms with van der Waals surface area (Å²) < 4.78 is 36.7. The number of fused-ring (bicyclic) bond motifs is 1. The number of alkyl halides is 3. The molecule has 0 saturated heterocycles. The largest absolute Gasteiger partial charge is 0.405 e. The lowest BCUT2D eigenvalue weighted by atomic mass is 10.2. The van der Waals surface area contributed by atoms with E-state index in [4.69, 9.17) is 0 Å². The zero-order valence-corrected chi connectivity index (χ0v) is 9.47. The van der Waals surface area contributed by atoms with Gasteiger partial charge in [0.25, 0.3) is 0 Å². The average Bonchev–Trinajstić information content (AvgIpc) is 2.53. The molecular weight excluding hydrogens is 231 g/mol. The molecule has 0 unspecified atom stereocenters. The summed E-state index contributed by atoms with van der Waals surface area (Å²) in [6.07, 6.45) is -4.20. The molecule has 0 saturated carbocycles. The summed E-state index contributed by atoms with van der Waals surface area (Å²) in [6, 6.07) is 5.01. The van der Waals surface area contributed by atoms with Gasteiger partial charge in [0.2, 0.25) is 0 Å². The van der Waals surface area contributed by atoms with Crippen molar-refractivity contribution in [3.8, 4) is 0 Å². The number of aromatic nitrogens is 2. The molecule has 2 rings (SSSR count). The standard InChI is InChI=1S/C11H12F3N3/c1-7-15-9-4-3-8(5-10(9)16-7)17(2)6-11(12,13)14/h3-5H,6H2,1-2H3,(H,15,16). The molecule has 0 radical (unpaired) electrons. The van der Waals surface area contributed by atoms with Crippen LogP contribution in [0.5, 0.6) is 0 Å². The number of anilines is 1. The van der Waals surface area contributed by atoms with Crippen LogP contribution in [0.1, 0.15) is 5.82 Å². The maximum absolute atomic E-state index is 12.2. The Hall–Kier alpha value is -1.72. The van der Waals surface area contributed by atoms with E-state index >= 15 is 0 Å². The fraction of sp³-hybridized carbons (Fsp3) is 0.364. The molecule has 0 amide bonds. The first kappa shape index (κ1) is 11.8. The van der Waals surface area contributed by atoms with Crippen molar-refractivity contribution in [1.29, 1.82) is 0 Å². The Morgan fingerprint density at radius 2 is 2.06 bits per heavy atom. The maximum atomic E-state index is 12.2. The van der Waals surface area contributed by atoms with Crippen LogP contribution in [0, 0.1) is 6.92 Å². The Morgan fingerprint density at radius 1 is 1.35 bits per heavy atom. The number of aryl methyl sites for hydroxylation is 1. The van der Waals surface area contributed by atoms with Crippen molar-refractivity contribution in [3.63, 3.8) is 0 Å². The molecule has 1 N–H and O–H groups in total. The fourth-order valence-electron chi connectivity index (χ4n) is 1.72. The molecule has 0 bridgehead atoms. The molecule has 0 aliphatic rings. The first-order valence-electron chi connectivity index (χ1n) is 5.09. The van der Waals surface area contributed by atoms with Crippen molar-refractivity contribution in [1.82, 2.24) is 9.97 Å². The van der Waals surface area contributed by atoms with Crippen LogP contribution in [0.3, 0.4) is 0 Å². The number of aromatic amines is 1. The van der Waals surface area contributed by atoms with E-state index in [1.54, 1.807) is 25.1 Å². The lowest BCUT2D eigenvalue weighted by Gasteiger charge is -2.20. The number of benzene rings is 1. The third-order valence-electron chi connectivity index (χ3n) is 2.44. The molecule has 0 aliphatic carbocycles. The van der Waals surface area contributed by atoms with Gasteiger partial charge in [-0.3, -0.25) is 0 Å². The number of nitrogens with one attached hydrogen (secondary N) is 1. The fourth-order valence-corrected chi connectivity index (χ4v) is 1.72. The van der Waals surface area contributed by atoms with E-state index in [1.807, 2.05) is 0 Å². The van der Waals surface area contributed by atoms with Gasteiger partial charge >= 0.3 is 6.18 Å². The number of hydrogen-bond donors (Lipinski definition) is 1. The molecular formula is C11H12F3N3. The molecule has 92 valence electrons. The molecule has 1 aromatic carbocycles. The van der Waals surface area contributed by atoms with Crippen LogP contribution in [0.2, 0.25) is 0 Å². The van der Waals surface area contributed by atoms with Crippen LogP contribution < -0.4 is 4.90 Å². The third kappa shape index (κ3) is 2.69. The van der Waals surface area contributed by atoms with E-state index in [-0.39, 0.29) is 0 Å². The lowest BCUT2D eigenvalue weighted by molar-refractivity contribution is -0.119. The van der Waals surface area contributed by atoms with E-state index in [0.29, 0.717) is 5.69 Å². The maximum Gasteiger partial charge on any atom is 0.405 e. The first-order chi connectivity index (χ1) is 7.85. The van der Waals surface area contributed by atoms with E-state index in [2.05, 4.69) is 9.97 Å². The highest BCUT2D eigenvalue weighted by atomic mass is 19.4. The molecule has 0 aliphatic heterocycles. The van der Waals surface area contributed by atoms with Gasteiger partial charge < -0.3 is 9.88 Å². The predicted octanol–water partition coefficient (Wildman–Crippen LogP) is 2.87. The summed E-state index contributed by atoms with van der Waals surface area (Å²) >= 11 is 0. The van der Waals surface area contributed by atoms with E-state index < -0.39 is 12.7 Å². The van der Waals surface area contributed by atoms with E-state index in [1.165, 1.54) is 7.05 Å². The number of halogens is 3. The van der Waals surface area contributed by atoms with Crippen molar-refractivity contribution in [2.24, 2.45) is 0 Å². The SMILES string of the molecule is Cc1nc2ccc(N(C)CC(F)(F)F)cc2[nH]1. The topological polar surface area (TPSA) is 31.9 Å². The van der Waals surface area contributed by atoms with Crippen LogP contribution >= 0.6 is 0 Å². The van der Waals surface area contributed by atoms with Crippen molar-refractivity contribution >= 4 is 16.7 Å². The molecule has 6 heteroatoms. The van der Waals surface area contributed by atoms with Gasteiger partial charge in [0.15, 0.2) is 0 Å². The molecule has 17 heavy (non-hydrogen) atoms. The Morgan fingerprint density at radius 3 is 2.71 bits per heavy atom. The number of rotatable bonds is 2. The molecule has 0 fully saturated rings. The van der Waals surface area contributed by atoms with Crippen LogP contribution in [0.4, 0.5) is 18.9 Å². The Bertz CT molecular complexity index is 530. The van der Waals surface area contributed by atoms with E-state index in [0.717, 1.165) is 21.8 Å². The number of hydrogen-bond acceptors (Lipinski definition) is 2. The summed E-state index contributed by atoms with van der Waals surface area (Å²) in [5.74, 6) is 0.746. The second-order valence-corrected chi connectivity index (χ2v) is 3.99. The zero-order chi connectivity index (χ0) is 12.6. The summed E-state index contributed by atoms with van der Waals surface area (Å²) in [7, 11) is 1.41. The van der Waals surface area contributed by atoms with Crippen molar-refractivity contribution in [3.05, 3.63) is 24.0 Å². The molecule has 1 heterocycles. The predicted molar refractivity (Wildman–Crippen MR) is 60.2 cm³/mol. The Kier molecular flexibility index (Phi) is 2.73. The minimum atomic E-state index is -4.20. The van der Waals surface area contributed by atoms with Crippen molar-refractivity contribution in [2.45, 2.75) is 13.1 Å². The summed E-state index contributed by atoms with van der Waals surface area (Å²) in [6.45, 7) is 0.838. The van der Waals surface area contributed by atoms with Crippen LogP contribution in [-0.4, -0.2) is 29.7 Å². The summed E-state index contributed by atoms with van der Waals surface area (Å²) in [4.78, 5) is 8.35. The van der Waals surface area contributed by atoms with Gasteiger partial charge in [-0.25, -0.2) is 4.98 Å². The number of H-pyrrole nitrogens is 1.